The van der Waals surface area contributed by atoms with Crippen LogP contribution in [0.2, 0.25) is 0 Å². The van der Waals surface area contributed by atoms with Gasteiger partial charge >= 0.3 is 0 Å². The Labute approximate surface area is 153 Å². The van der Waals surface area contributed by atoms with Gasteiger partial charge in [-0.1, -0.05) is 73.7 Å². The van der Waals surface area contributed by atoms with Gasteiger partial charge in [0, 0.05) is 10.9 Å². The van der Waals surface area contributed by atoms with Crippen LogP contribution in [0.15, 0.2) is 84.9 Å². The predicted octanol–water partition coefficient (Wildman–Crippen LogP) is 5.83. The lowest BCUT2D eigenvalue weighted by Crippen LogP contribution is -2.11. The largest absolute Gasteiger partial charge is 0.482 e. The fourth-order valence-electron chi connectivity index (χ4n) is 3.04. The van der Waals surface area contributed by atoms with Crippen LogP contribution in [0.3, 0.4) is 0 Å². The number of benzene rings is 3. The molecular formula is C23H20N2O. The van der Waals surface area contributed by atoms with E-state index in [2.05, 4.69) is 25.1 Å². The first-order valence-electron chi connectivity index (χ1n) is 8.89. The van der Waals surface area contributed by atoms with Crippen molar-refractivity contribution in [3.8, 4) is 17.0 Å². The molecule has 0 amide bonds. The van der Waals surface area contributed by atoms with E-state index in [4.69, 9.17) is 14.7 Å². The van der Waals surface area contributed by atoms with Gasteiger partial charge in [-0.25, -0.2) is 9.97 Å². The summed E-state index contributed by atoms with van der Waals surface area (Å²) in [7, 11) is 0. The number of rotatable bonds is 5. The standard InChI is InChI=1S/C23H20N2O/c1-2-21(26-18-13-7-4-8-14-18)23-24-20-16-10-9-15-19(20)22(25-23)17-11-5-3-6-12-17/h3-16,21H,2H2,1H3. The van der Waals surface area contributed by atoms with Crippen LogP contribution >= 0.6 is 0 Å². The number of hydrogen-bond acceptors (Lipinski definition) is 3. The molecule has 4 aromatic rings. The van der Waals surface area contributed by atoms with Crippen LogP contribution < -0.4 is 4.74 Å². The minimum Gasteiger partial charge on any atom is -0.482 e. The van der Waals surface area contributed by atoms with E-state index in [0.29, 0.717) is 5.82 Å². The summed E-state index contributed by atoms with van der Waals surface area (Å²) in [4.78, 5) is 9.69. The molecule has 0 saturated carbocycles. The molecular weight excluding hydrogens is 320 g/mol. The predicted molar refractivity (Wildman–Crippen MR) is 105 cm³/mol. The molecule has 0 aliphatic carbocycles. The molecule has 1 aromatic heterocycles. The van der Waals surface area contributed by atoms with Gasteiger partial charge in [0.2, 0.25) is 0 Å². The summed E-state index contributed by atoms with van der Waals surface area (Å²) < 4.78 is 6.16. The van der Waals surface area contributed by atoms with Crippen molar-refractivity contribution in [2.45, 2.75) is 19.4 Å². The number of para-hydroxylation sites is 2. The topological polar surface area (TPSA) is 35.0 Å². The van der Waals surface area contributed by atoms with Crippen LogP contribution in [0.4, 0.5) is 0 Å². The van der Waals surface area contributed by atoms with Crippen molar-refractivity contribution in [1.29, 1.82) is 0 Å². The van der Waals surface area contributed by atoms with Crippen LogP contribution in [0.25, 0.3) is 22.2 Å². The van der Waals surface area contributed by atoms with E-state index in [-0.39, 0.29) is 6.10 Å². The molecule has 0 bridgehead atoms. The summed E-state index contributed by atoms with van der Waals surface area (Å²) in [6, 6.07) is 28.2. The highest BCUT2D eigenvalue weighted by Gasteiger charge is 2.18. The summed E-state index contributed by atoms with van der Waals surface area (Å²) in [5.74, 6) is 1.55. The minimum absolute atomic E-state index is 0.190. The molecule has 0 radical (unpaired) electrons. The van der Waals surface area contributed by atoms with Gasteiger partial charge in [0.05, 0.1) is 11.2 Å². The quantitative estimate of drug-likeness (QED) is 0.459. The highest BCUT2D eigenvalue weighted by atomic mass is 16.5. The molecule has 0 saturated heterocycles. The summed E-state index contributed by atoms with van der Waals surface area (Å²) in [5, 5.41) is 1.05. The van der Waals surface area contributed by atoms with Crippen LogP contribution in [0.5, 0.6) is 5.75 Å². The normalized spacial score (nSPS) is 12.0. The van der Waals surface area contributed by atoms with Crippen molar-refractivity contribution in [3.63, 3.8) is 0 Å². The fourth-order valence-corrected chi connectivity index (χ4v) is 3.04. The molecule has 1 unspecified atom stereocenters. The summed E-state index contributed by atoms with van der Waals surface area (Å²) in [6.45, 7) is 2.09. The monoisotopic (exact) mass is 340 g/mol. The number of aromatic nitrogens is 2. The Bertz CT molecular complexity index is 1000. The molecule has 0 aliphatic rings. The highest BCUT2D eigenvalue weighted by Crippen LogP contribution is 2.29. The van der Waals surface area contributed by atoms with E-state index < -0.39 is 0 Å². The Morgan fingerprint density at radius 3 is 2.15 bits per heavy atom. The molecule has 0 spiro atoms. The van der Waals surface area contributed by atoms with Crippen LogP contribution in [0.1, 0.15) is 25.3 Å². The van der Waals surface area contributed by atoms with Gasteiger partial charge in [0.15, 0.2) is 11.9 Å². The van der Waals surface area contributed by atoms with E-state index in [0.717, 1.165) is 34.3 Å². The molecule has 26 heavy (non-hydrogen) atoms. The molecule has 0 aliphatic heterocycles. The van der Waals surface area contributed by atoms with Gasteiger partial charge in [0.1, 0.15) is 5.75 Å². The Morgan fingerprint density at radius 2 is 1.42 bits per heavy atom. The van der Waals surface area contributed by atoms with Crippen LogP contribution in [-0.2, 0) is 0 Å². The van der Waals surface area contributed by atoms with E-state index in [9.17, 15) is 0 Å². The maximum atomic E-state index is 6.16. The maximum absolute atomic E-state index is 6.16. The molecule has 3 heteroatoms. The van der Waals surface area contributed by atoms with E-state index in [1.165, 1.54) is 0 Å². The Hall–Kier alpha value is -3.20. The third kappa shape index (κ3) is 3.29. The van der Waals surface area contributed by atoms with Crippen molar-refractivity contribution in [2.75, 3.05) is 0 Å². The third-order valence-corrected chi connectivity index (χ3v) is 4.35. The van der Waals surface area contributed by atoms with E-state index in [1.807, 2.05) is 66.7 Å². The zero-order chi connectivity index (χ0) is 17.8. The van der Waals surface area contributed by atoms with Gasteiger partial charge < -0.3 is 4.74 Å². The van der Waals surface area contributed by atoms with Crippen molar-refractivity contribution >= 4 is 10.9 Å². The Morgan fingerprint density at radius 1 is 0.769 bits per heavy atom. The van der Waals surface area contributed by atoms with Gasteiger partial charge in [-0.2, -0.15) is 0 Å². The maximum Gasteiger partial charge on any atom is 0.170 e. The summed E-state index contributed by atoms with van der Waals surface area (Å²) >= 11 is 0. The Balaban J connectivity index is 1.82. The zero-order valence-corrected chi connectivity index (χ0v) is 14.7. The molecule has 3 aromatic carbocycles. The molecule has 0 N–H and O–H groups in total. The molecule has 128 valence electrons. The zero-order valence-electron chi connectivity index (χ0n) is 14.7. The SMILES string of the molecule is CCC(Oc1ccccc1)c1nc(-c2ccccc2)c2ccccc2n1. The van der Waals surface area contributed by atoms with Crippen LogP contribution in [-0.4, -0.2) is 9.97 Å². The fraction of sp³-hybridized carbons (Fsp3) is 0.130. The minimum atomic E-state index is -0.190. The van der Waals surface area contributed by atoms with Crippen molar-refractivity contribution in [3.05, 3.63) is 90.8 Å². The number of ether oxygens (including phenoxy) is 1. The summed E-state index contributed by atoms with van der Waals surface area (Å²) in [6.07, 6.45) is 0.603. The van der Waals surface area contributed by atoms with Crippen LogP contribution in [0, 0.1) is 0 Å². The van der Waals surface area contributed by atoms with Gasteiger partial charge in [-0.05, 0) is 24.6 Å². The first-order chi connectivity index (χ1) is 12.8. The smallest absolute Gasteiger partial charge is 0.170 e. The molecule has 1 heterocycles. The molecule has 4 rings (SSSR count). The van der Waals surface area contributed by atoms with E-state index >= 15 is 0 Å². The highest BCUT2D eigenvalue weighted by molar-refractivity contribution is 5.92. The van der Waals surface area contributed by atoms with Crippen molar-refractivity contribution in [2.24, 2.45) is 0 Å². The number of hydrogen-bond donors (Lipinski definition) is 0. The summed E-state index contributed by atoms with van der Waals surface area (Å²) in [5.41, 5.74) is 2.97. The molecule has 3 nitrogen and oxygen atoms in total. The van der Waals surface area contributed by atoms with Crippen molar-refractivity contribution in [1.82, 2.24) is 9.97 Å². The van der Waals surface area contributed by atoms with Gasteiger partial charge in [0.25, 0.3) is 0 Å². The molecule has 1 atom stereocenters. The van der Waals surface area contributed by atoms with Gasteiger partial charge in [-0.15, -0.1) is 0 Å². The number of nitrogens with zero attached hydrogens (tertiary/aromatic N) is 2. The van der Waals surface area contributed by atoms with E-state index in [1.54, 1.807) is 0 Å². The lowest BCUT2D eigenvalue weighted by Gasteiger charge is -2.18. The molecule has 0 fully saturated rings. The first-order valence-corrected chi connectivity index (χ1v) is 8.89. The second-order valence-electron chi connectivity index (χ2n) is 6.14. The second-order valence-corrected chi connectivity index (χ2v) is 6.14. The Kier molecular flexibility index (Phi) is 4.61. The number of fused-ring (bicyclic) bond motifs is 1. The second kappa shape index (κ2) is 7.36. The first kappa shape index (κ1) is 16.3. The third-order valence-electron chi connectivity index (χ3n) is 4.35. The lowest BCUT2D eigenvalue weighted by atomic mass is 10.1. The van der Waals surface area contributed by atoms with Crippen molar-refractivity contribution < 1.29 is 4.74 Å². The van der Waals surface area contributed by atoms with Gasteiger partial charge in [-0.3, -0.25) is 0 Å². The average Bonchev–Trinajstić information content (AvgIpc) is 2.72. The average molecular weight is 340 g/mol. The lowest BCUT2D eigenvalue weighted by molar-refractivity contribution is 0.192.